The highest BCUT2D eigenvalue weighted by atomic mass is 32.2. The summed E-state index contributed by atoms with van der Waals surface area (Å²) in [7, 11) is 2.83. The van der Waals surface area contributed by atoms with E-state index >= 15 is 0 Å². The van der Waals surface area contributed by atoms with Crippen molar-refractivity contribution < 1.29 is 14.3 Å². The third-order valence-electron chi connectivity index (χ3n) is 3.37. The zero-order valence-electron chi connectivity index (χ0n) is 14.6. The minimum atomic E-state index is -0.620. The van der Waals surface area contributed by atoms with Crippen molar-refractivity contribution in [1.29, 1.82) is 0 Å². The van der Waals surface area contributed by atoms with Crippen molar-refractivity contribution in [3.05, 3.63) is 54.6 Å². The zero-order chi connectivity index (χ0) is 19.1. The average molecular weight is 384 g/mol. The van der Waals surface area contributed by atoms with Crippen LogP contribution in [-0.4, -0.2) is 45.4 Å². The van der Waals surface area contributed by atoms with Gasteiger partial charge in [0, 0.05) is 0 Å². The second kappa shape index (κ2) is 8.81. The van der Waals surface area contributed by atoms with E-state index in [9.17, 15) is 4.79 Å². The number of anilines is 1. The van der Waals surface area contributed by atoms with E-state index in [1.165, 1.54) is 11.8 Å². The summed E-state index contributed by atoms with van der Waals surface area (Å²) in [5.74, 6) is -0.0328. The number of nitrogens with one attached hydrogen (secondary N) is 1. The summed E-state index contributed by atoms with van der Waals surface area (Å²) in [5.41, 5.74) is 4.17. The molecule has 1 aromatic heterocycles. The van der Waals surface area contributed by atoms with Crippen LogP contribution in [0.4, 0.5) is 5.69 Å². The minimum Gasteiger partial charge on any atom is -0.495 e. The predicted octanol–water partition coefficient (Wildman–Crippen LogP) is 2.36. The number of thioether (sulfide) groups is 1. The van der Waals surface area contributed by atoms with Crippen molar-refractivity contribution in [2.24, 2.45) is 5.10 Å². The molecule has 1 heterocycles. The van der Waals surface area contributed by atoms with E-state index in [1.807, 2.05) is 42.5 Å². The smallest absolute Gasteiger partial charge is 0.365 e. The fraction of sp³-hybridized carbons (Fsp3) is 0.118. The lowest BCUT2D eigenvalue weighted by molar-refractivity contribution is -0.132. The van der Waals surface area contributed by atoms with Gasteiger partial charge in [0.15, 0.2) is 0 Å². The van der Waals surface area contributed by atoms with Crippen LogP contribution < -0.4 is 10.2 Å². The van der Waals surface area contributed by atoms with E-state index in [0.29, 0.717) is 16.6 Å². The highest BCUT2D eigenvalue weighted by Gasteiger charge is 2.19. The van der Waals surface area contributed by atoms with Gasteiger partial charge in [-0.3, -0.25) is 5.43 Å². The molecule has 0 atom stereocenters. The molecule has 10 heteroatoms. The Kier molecular flexibility index (Phi) is 6.00. The summed E-state index contributed by atoms with van der Waals surface area (Å²) in [6.45, 7) is 0. The van der Waals surface area contributed by atoms with Gasteiger partial charge >= 0.3 is 5.97 Å². The molecule has 3 rings (SSSR count). The van der Waals surface area contributed by atoms with Crippen LogP contribution in [0.2, 0.25) is 0 Å². The Morgan fingerprint density at radius 3 is 2.59 bits per heavy atom. The van der Waals surface area contributed by atoms with Gasteiger partial charge in [-0.1, -0.05) is 30.3 Å². The second-order valence-corrected chi connectivity index (χ2v) is 5.99. The van der Waals surface area contributed by atoms with Crippen LogP contribution in [-0.2, 0) is 9.53 Å². The molecular weight excluding hydrogens is 368 g/mol. The first-order valence-corrected chi connectivity index (χ1v) is 8.61. The average Bonchev–Trinajstić information content (AvgIpc) is 3.19. The van der Waals surface area contributed by atoms with Crippen molar-refractivity contribution in [3.8, 4) is 11.4 Å². The van der Waals surface area contributed by atoms with Crippen LogP contribution >= 0.6 is 11.8 Å². The monoisotopic (exact) mass is 384 g/mol. The normalized spacial score (nSPS) is 11.1. The maximum absolute atomic E-state index is 12.1. The van der Waals surface area contributed by atoms with Crippen molar-refractivity contribution >= 4 is 28.5 Å². The van der Waals surface area contributed by atoms with Gasteiger partial charge in [0.1, 0.15) is 5.75 Å². The Morgan fingerprint density at radius 1 is 1.11 bits per heavy atom. The topological polar surface area (TPSA) is 104 Å². The SMILES string of the molecule is COC(=O)/C(=N/Nc1ccccc1OC)Sc1nnnn1-c1ccccc1. The highest BCUT2D eigenvalue weighted by Crippen LogP contribution is 2.24. The van der Waals surface area contributed by atoms with Gasteiger partial charge in [-0.2, -0.15) is 9.78 Å². The Morgan fingerprint density at radius 2 is 1.85 bits per heavy atom. The first-order chi connectivity index (χ1) is 13.2. The number of rotatable bonds is 5. The molecule has 0 aliphatic carbocycles. The molecule has 0 saturated heterocycles. The molecular formula is C17H16N6O3S. The number of carbonyl (C=O) groups is 1. The van der Waals surface area contributed by atoms with E-state index < -0.39 is 5.97 Å². The van der Waals surface area contributed by atoms with Gasteiger partial charge in [-0.25, -0.2) is 4.79 Å². The molecule has 3 aromatic rings. The summed E-state index contributed by atoms with van der Waals surface area (Å²) in [4.78, 5) is 12.1. The molecule has 0 aliphatic rings. The molecule has 0 fully saturated rings. The highest BCUT2D eigenvalue weighted by molar-refractivity contribution is 8.15. The van der Waals surface area contributed by atoms with Gasteiger partial charge in [-0.15, -0.1) is 5.10 Å². The number of aromatic nitrogens is 4. The molecule has 1 N–H and O–H groups in total. The molecule has 0 bridgehead atoms. The van der Waals surface area contributed by atoms with Gasteiger partial charge in [0.25, 0.3) is 0 Å². The van der Waals surface area contributed by atoms with E-state index in [4.69, 9.17) is 9.47 Å². The van der Waals surface area contributed by atoms with Crippen molar-refractivity contribution in [3.63, 3.8) is 0 Å². The summed E-state index contributed by atoms with van der Waals surface area (Å²) in [5, 5.41) is 16.2. The quantitative estimate of drug-likeness (QED) is 0.235. The fourth-order valence-electron chi connectivity index (χ4n) is 2.11. The molecule has 0 spiro atoms. The van der Waals surface area contributed by atoms with Crippen molar-refractivity contribution in [2.75, 3.05) is 19.6 Å². The summed E-state index contributed by atoms with van der Waals surface area (Å²) in [6.07, 6.45) is 0. The first kappa shape index (κ1) is 18.4. The lowest BCUT2D eigenvalue weighted by Gasteiger charge is -2.09. The molecule has 138 valence electrons. The molecule has 0 unspecified atom stereocenters. The van der Waals surface area contributed by atoms with Crippen LogP contribution in [0.3, 0.4) is 0 Å². The summed E-state index contributed by atoms with van der Waals surface area (Å²) < 4.78 is 11.6. The molecule has 0 saturated carbocycles. The Hall–Kier alpha value is -3.40. The molecule has 27 heavy (non-hydrogen) atoms. The number of carbonyl (C=O) groups excluding carboxylic acids is 1. The number of ether oxygens (including phenoxy) is 2. The summed E-state index contributed by atoms with van der Waals surface area (Å²) in [6, 6.07) is 16.5. The molecule has 9 nitrogen and oxygen atoms in total. The lowest BCUT2D eigenvalue weighted by atomic mass is 10.3. The van der Waals surface area contributed by atoms with Crippen molar-refractivity contribution in [1.82, 2.24) is 20.2 Å². The molecule has 2 aromatic carbocycles. The molecule has 0 radical (unpaired) electrons. The largest absolute Gasteiger partial charge is 0.495 e. The van der Waals surface area contributed by atoms with Gasteiger partial charge in [-0.05, 0) is 46.5 Å². The Labute approximate surface area is 159 Å². The number of hydrogen-bond acceptors (Lipinski definition) is 9. The maximum Gasteiger partial charge on any atom is 0.365 e. The van der Waals surface area contributed by atoms with E-state index in [-0.39, 0.29) is 5.04 Å². The standard InChI is InChI=1S/C17H16N6O3S/c1-25-14-11-7-6-10-13(14)18-19-15(16(24)26-2)27-17-20-21-22-23(17)12-8-4-3-5-9-12/h3-11,18H,1-2H3/b19-15-. The summed E-state index contributed by atoms with van der Waals surface area (Å²) >= 11 is 0.981. The minimum absolute atomic E-state index is 0.0374. The number of nitrogens with zero attached hydrogens (tertiary/aromatic N) is 5. The van der Waals surface area contributed by atoms with E-state index in [0.717, 1.165) is 17.4 Å². The van der Waals surface area contributed by atoms with Gasteiger partial charge in [0.2, 0.25) is 10.2 Å². The molecule has 0 aliphatic heterocycles. The number of hydrogen-bond donors (Lipinski definition) is 1. The predicted molar refractivity (Wildman–Crippen MR) is 101 cm³/mol. The van der Waals surface area contributed by atoms with Crippen LogP contribution in [0.15, 0.2) is 64.9 Å². The maximum atomic E-state index is 12.1. The zero-order valence-corrected chi connectivity index (χ0v) is 15.4. The van der Waals surface area contributed by atoms with Crippen LogP contribution in [0, 0.1) is 0 Å². The molecule has 0 amide bonds. The third-order valence-corrected chi connectivity index (χ3v) is 4.26. The van der Waals surface area contributed by atoms with Crippen molar-refractivity contribution in [2.45, 2.75) is 5.16 Å². The number of para-hydroxylation sites is 3. The second-order valence-electron chi connectivity index (χ2n) is 5.03. The van der Waals surface area contributed by atoms with Crippen LogP contribution in [0.1, 0.15) is 0 Å². The first-order valence-electron chi connectivity index (χ1n) is 7.79. The van der Waals surface area contributed by atoms with Crippen LogP contribution in [0.25, 0.3) is 5.69 Å². The number of tetrazole rings is 1. The lowest BCUT2D eigenvalue weighted by Crippen LogP contribution is -2.15. The number of methoxy groups -OCH3 is 2. The van der Waals surface area contributed by atoms with E-state index in [2.05, 4.69) is 26.1 Å². The number of esters is 1. The number of benzene rings is 2. The van der Waals surface area contributed by atoms with E-state index in [1.54, 1.807) is 19.2 Å². The third kappa shape index (κ3) is 4.42. The van der Waals surface area contributed by atoms with Crippen LogP contribution in [0.5, 0.6) is 5.75 Å². The fourth-order valence-corrected chi connectivity index (χ4v) is 2.84. The van der Waals surface area contributed by atoms with Gasteiger partial charge in [0.05, 0.1) is 25.6 Å². The Balaban J connectivity index is 1.87. The van der Waals surface area contributed by atoms with Gasteiger partial charge < -0.3 is 9.47 Å². The Bertz CT molecular complexity index is 945. The number of hydrazone groups is 1.